The monoisotopic (exact) mass is 499 g/mol. The minimum absolute atomic E-state index is 0.0308. The highest BCUT2D eigenvalue weighted by Gasteiger charge is 2.35. The maximum Gasteiger partial charge on any atom is 0.339 e. The molecule has 10 heteroatoms. The zero-order valence-corrected chi connectivity index (χ0v) is 19.4. The summed E-state index contributed by atoms with van der Waals surface area (Å²) in [5, 5.41) is -0.531. The van der Waals surface area contributed by atoms with Crippen molar-refractivity contribution < 1.29 is 31.3 Å². The molecule has 34 heavy (non-hydrogen) atoms. The van der Waals surface area contributed by atoms with Gasteiger partial charge in [0.15, 0.2) is 11.5 Å². The molecule has 1 aliphatic heterocycles. The summed E-state index contributed by atoms with van der Waals surface area (Å²) in [6, 6.07) is 18.0. The van der Waals surface area contributed by atoms with Crippen LogP contribution < -0.4 is 8.92 Å². The Morgan fingerprint density at radius 3 is 2.38 bits per heavy atom. The standard InChI is InChI=1S/C24H18FNO6S2/c1-31-20-12-11-16(13-21(20)32-34(29,30)18-8-3-2-4-9-18)14-22-23(27)26(24(28)33-22)15-17-7-5-6-10-19(17)25/h2-14H,15H2,1H3/b22-14-. The first-order valence-electron chi connectivity index (χ1n) is 9.95. The van der Waals surface area contributed by atoms with Crippen LogP contribution in [-0.2, 0) is 21.5 Å². The van der Waals surface area contributed by atoms with Crippen molar-refractivity contribution in [2.45, 2.75) is 11.4 Å². The van der Waals surface area contributed by atoms with Gasteiger partial charge in [-0.05, 0) is 53.7 Å². The minimum atomic E-state index is -4.13. The number of nitrogens with zero attached hydrogens (tertiary/aromatic N) is 1. The third-order valence-electron chi connectivity index (χ3n) is 4.88. The molecule has 0 saturated carbocycles. The Balaban J connectivity index is 1.60. The molecule has 2 amide bonds. The van der Waals surface area contributed by atoms with Gasteiger partial charge in [0.2, 0.25) is 0 Å². The van der Waals surface area contributed by atoms with Crippen LogP contribution in [0.5, 0.6) is 11.5 Å². The number of halogens is 1. The van der Waals surface area contributed by atoms with Crippen LogP contribution in [0.3, 0.4) is 0 Å². The first-order valence-corrected chi connectivity index (χ1v) is 12.2. The fourth-order valence-corrected chi connectivity index (χ4v) is 4.98. The molecule has 0 atom stereocenters. The minimum Gasteiger partial charge on any atom is -0.493 e. The van der Waals surface area contributed by atoms with Crippen LogP contribution in [0, 0.1) is 5.82 Å². The Morgan fingerprint density at radius 1 is 0.971 bits per heavy atom. The van der Waals surface area contributed by atoms with E-state index >= 15 is 0 Å². The van der Waals surface area contributed by atoms with Crippen molar-refractivity contribution >= 4 is 39.1 Å². The Labute approximate surface area is 199 Å². The molecule has 1 aliphatic rings. The fourth-order valence-electron chi connectivity index (χ4n) is 3.19. The molecule has 1 fully saturated rings. The topological polar surface area (TPSA) is 90.0 Å². The number of hydrogen-bond acceptors (Lipinski definition) is 7. The molecular formula is C24H18FNO6S2. The Bertz CT molecular complexity index is 1390. The van der Waals surface area contributed by atoms with E-state index in [1.54, 1.807) is 30.3 Å². The van der Waals surface area contributed by atoms with Gasteiger partial charge in [-0.25, -0.2) is 4.39 Å². The van der Waals surface area contributed by atoms with Crippen molar-refractivity contribution in [1.82, 2.24) is 4.90 Å². The van der Waals surface area contributed by atoms with E-state index in [2.05, 4.69) is 0 Å². The van der Waals surface area contributed by atoms with Crippen molar-refractivity contribution in [1.29, 1.82) is 0 Å². The van der Waals surface area contributed by atoms with E-state index in [-0.39, 0.29) is 33.4 Å². The van der Waals surface area contributed by atoms with E-state index in [4.69, 9.17) is 8.92 Å². The average molecular weight is 500 g/mol. The van der Waals surface area contributed by atoms with Crippen LogP contribution in [0.1, 0.15) is 11.1 Å². The first-order chi connectivity index (χ1) is 16.3. The molecule has 0 radical (unpaired) electrons. The number of ether oxygens (including phenoxy) is 1. The Kier molecular flexibility index (Phi) is 6.71. The van der Waals surface area contributed by atoms with Crippen molar-refractivity contribution in [2.24, 2.45) is 0 Å². The molecule has 7 nitrogen and oxygen atoms in total. The molecule has 0 spiro atoms. The number of carbonyl (C=O) groups is 2. The number of carbonyl (C=O) groups excluding carboxylic acids is 2. The summed E-state index contributed by atoms with van der Waals surface area (Å²) in [6.07, 6.45) is 1.44. The fraction of sp³-hybridized carbons (Fsp3) is 0.0833. The van der Waals surface area contributed by atoms with Gasteiger partial charge >= 0.3 is 10.1 Å². The lowest BCUT2D eigenvalue weighted by Gasteiger charge is -2.13. The normalized spacial score (nSPS) is 15.1. The lowest BCUT2D eigenvalue weighted by atomic mass is 10.1. The van der Waals surface area contributed by atoms with Crippen molar-refractivity contribution in [3.63, 3.8) is 0 Å². The maximum atomic E-state index is 14.0. The van der Waals surface area contributed by atoms with Gasteiger partial charge in [-0.3, -0.25) is 14.5 Å². The largest absolute Gasteiger partial charge is 0.493 e. The van der Waals surface area contributed by atoms with E-state index in [1.807, 2.05) is 0 Å². The number of rotatable bonds is 7. The Morgan fingerprint density at radius 2 is 1.68 bits per heavy atom. The van der Waals surface area contributed by atoms with Gasteiger partial charge < -0.3 is 8.92 Å². The molecule has 0 N–H and O–H groups in total. The lowest BCUT2D eigenvalue weighted by molar-refractivity contribution is -0.123. The van der Waals surface area contributed by atoms with Gasteiger partial charge in [0.1, 0.15) is 10.7 Å². The molecular weight excluding hydrogens is 481 g/mol. The van der Waals surface area contributed by atoms with Gasteiger partial charge in [0.25, 0.3) is 11.1 Å². The molecule has 0 aromatic heterocycles. The van der Waals surface area contributed by atoms with Crippen LogP contribution in [0.2, 0.25) is 0 Å². The van der Waals surface area contributed by atoms with Crippen LogP contribution in [0.15, 0.2) is 82.6 Å². The number of thioether (sulfide) groups is 1. The number of methoxy groups -OCH3 is 1. The number of benzene rings is 3. The summed E-state index contributed by atoms with van der Waals surface area (Å²) in [5.74, 6) is -0.995. The highest BCUT2D eigenvalue weighted by Crippen LogP contribution is 2.36. The lowest BCUT2D eigenvalue weighted by Crippen LogP contribution is -2.27. The summed E-state index contributed by atoms with van der Waals surface area (Å²) >= 11 is 0.713. The third-order valence-corrected chi connectivity index (χ3v) is 7.03. The zero-order valence-electron chi connectivity index (χ0n) is 17.8. The molecule has 4 rings (SSSR count). The van der Waals surface area contributed by atoms with E-state index in [9.17, 15) is 22.4 Å². The summed E-state index contributed by atoms with van der Waals surface area (Å²) in [6.45, 7) is -0.193. The molecule has 1 heterocycles. The van der Waals surface area contributed by atoms with Gasteiger partial charge in [-0.15, -0.1) is 0 Å². The van der Waals surface area contributed by atoms with E-state index in [1.165, 1.54) is 55.7 Å². The first kappa shape index (κ1) is 23.5. The highest BCUT2D eigenvalue weighted by molar-refractivity contribution is 8.18. The molecule has 3 aromatic rings. The van der Waals surface area contributed by atoms with Crippen LogP contribution in [-0.4, -0.2) is 31.6 Å². The smallest absolute Gasteiger partial charge is 0.339 e. The van der Waals surface area contributed by atoms with Gasteiger partial charge in [-0.1, -0.05) is 42.5 Å². The van der Waals surface area contributed by atoms with E-state index < -0.39 is 27.1 Å². The van der Waals surface area contributed by atoms with Crippen molar-refractivity contribution in [2.75, 3.05) is 7.11 Å². The molecule has 174 valence electrons. The third kappa shape index (κ3) is 4.97. The SMILES string of the molecule is COc1ccc(/C=C2\SC(=O)N(Cc3ccccc3F)C2=O)cc1OS(=O)(=O)c1ccccc1. The average Bonchev–Trinajstić information content (AvgIpc) is 3.08. The second-order valence-corrected chi connectivity index (χ2v) is 9.66. The molecule has 3 aromatic carbocycles. The molecule has 1 saturated heterocycles. The number of hydrogen-bond donors (Lipinski definition) is 0. The van der Waals surface area contributed by atoms with Crippen molar-refractivity contribution in [3.8, 4) is 11.5 Å². The van der Waals surface area contributed by atoms with Crippen LogP contribution in [0.25, 0.3) is 6.08 Å². The van der Waals surface area contributed by atoms with E-state index in [0.29, 0.717) is 17.3 Å². The molecule has 0 bridgehead atoms. The maximum absolute atomic E-state index is 14.0. The second-order valence-electron chi connectivity index (χ2n) is 7.12. The molecule has 0 unspecified atom stereocenters. The van der Waals surface area contributed by atoms with E-state index in [0.717, 1.165) is 4.90 Å². The van der Waals surface area contributed by atoms with Crippen molar-refractivity contribution in [3.05, 3.63) is 94.6 Å². The van der Waals surface area contributed by atoms with Gasteiger partial charge in [0, 0.05) is 5.56 Å². The Hall–Kier alpha value is -3.63. The number of imide groups is 1. The second kappa shape index (κ2) is 9.70. The number of amides is 2. The summed E-state index contributed by atoms with van der Waals surface area (Å²) in [4.78, 5) is 26.2. The van der Waals surface area contributed by atoms with Crippen LogP contribution >= 0.6 is 11.8 Å². The molecule has 0 aliphatic carbocycles. The quantitative estimate of drug-likeness (QED) is 0.339. The zero-order chi connectivity index (χ0) is 24.3. The van der Waals surface area contributed by atoms with Gasteiger partial charge in [-0.2, -0.15) is 8.42 Å². The predicted octanol–water partition coefficient (Wildman–Crippen LogP) is 4.84. The predicted molar refractivity (Wildman–Crippen MR) is 125 cm³/mol. The summed E-state index contributed by atoms with van der Waals surface area (Å²) < 4.78 is 49.7. The van der Waals surface area contributed by atoms with Gasteiger partial charge in [0.05, 0.1) is 18.6 Å². The summed E-state index contributed by atoms with van der Waals surface area (Å²) in [5.41, 5.74) is 0.632. The summed E-state index contributed by atoms with van der Waals surface area (Å²) in [7, 11) is -2.76. The highest BCUT2D eigenvalue weighted by atomic mass is 32.2. The van der Waals surface area contributed by atoms with Crippen LogP contribution in [0.4, 0.5) is 9.18 Å².